The summed E-state index contributed by atoms with van der Waals surface area (Å²) in [5.74, 6) is -1.07. The van der Waals surface area contributed by atoms with Gasteiger partial charge in [0.2, 0.25) is 0 Å². The Bertz CT molecular complexity index is 572. The van der Waals surface area contributed by atoms with Gasteiger partial charge in [0.1, 0.15) is 0 Å². The van der Waals surface area contributed by atoms with Crippen molar-refractivity contribution in [2.45, 2.75) is 64.7 Å². The van der Waals surface area contributed by atoms with Gasteiger partial charge in [-0.1, -0.05) is 76.2 Å². The molecule has 0 saturated heterocycles. The molecule has 3 nitrogen and oxygen atoms in total. The van der Waals surface area contributed by atoms with E-state index in [0.29, 0.717) is 11.1 Å². The van der Waals surface area contributed by atoms with Crippen LogP contribution in [-0.4, -0.2) is 11.9 Å². The molecule has 1 heterocycles. The van der Waals surface area contributed by atoms with E-state index < -0.39 is 11.9 Å². The summed E-state index contributed by atoms with van der Waals surface area (Å²) < 4.78 is 4.66. The van der Waals surface area contributed by atoms with Gasteiger partial charge in [-0.15, -0.1) is 0 Å². The van der Waals surface area contributed by atoms with Crippen LogP contribution in [0.2, 0.25) is 0 Å². The number of allylic oxidation sites excluding steroid dienone is 1. The van der Waals surface area contributed by atoms with Crippen LogP contribution in [0.3, 0.4) is 0 Å². The molecule has 0 atom stereocenters. The SMILES string of the molecule is CCCCCCCCCC/C=C/c1cccc2c1C(=O)OC2=O. The van der Waals surface area contributed by atoms with Crippen molar-refractivity contribution in [2.24, 2.45) is 0 Å². The molecule has 0 spiro atoms. The molecule has 3 heteroatoms. The van der Waals surface area contributed by atoms with Gasteiger partial charge in [0.05, 0.1) is 11.1 Å². The highest BCUT2D eigenvalue weighted by atomic mass is 16.6. The van der Waals surface area contributed by atoms with E-state index in [1.165, 1.54) is 51.4 Å². The first-order valence-electron chi connectivity index (χ1n) is 8.80. The van der Waals surface area contributed by atoms with Crippen LogP contribution in [0.25, 0.3) is 6.08 Å². The zero-order valence-electron chi connectivity index (χ0n) is 14.0. The molecule has 0 unspecified atom stereocenters. The number of cyclic esters (lactones) is 2. The molecule has 0 N–H and O–H groups in total. The first kappa shape index (κ1) is 17.5. The monoisotopic (exact) mass is 314 g/mol. The van der Waals surface area contributed by atoms with Gasteiger partial charge in [0.25, 0.3) is 0 Å². The zero-order valence-corrected chi connectivity index (χ0v) is 14.0. The number of rotatable bonds is 10. The van der Waals surface area contributed by atoms with E-state index in [4.69, 9.17) is 0 Å². The van der Waals surface area contributed by atoms with Crippen LogP contribution in [0.5, 0.6) is 0 Å². The maximum absolute atomic E-state index is 11.7. The van der Waals surface area contributed by atoms with Crippen molar-refractivity contribution >= 4 is 18.0 Å². The van der Waals surface area contributed by atoms with Crippen LogP contribution in [0, 0.1) is 0 Å². The number of unbranched alkanes of at least 4 members (excludes halogenated alkanes) is 8. The maximum Gasteiger partial charge on any atom is 0.347 e. The highest BCUT2D eigenvalue weighted by Gasteiger charge is 2.31. The van der Waals surface area contributed by atoms with Gasteiger partial charge >= 0.3 is 11.9 Å². The molecule has 1 aromatic carbocycles. The third-order valence-corrected chi connectivity index (χ3v) is 4.23. The Labute approximate surface area is 138 Å². The number of carbonyl (C=O) groups is 2. The first-order chi connectivity index (χ1) is 11.2. The number of carbonyl (C=O) groups excluding carboxylic acids is 2. The lowest BCUT2D eigenvalue weighted by Gasteiger charge is -2.00. The summed E-state index contributed by atoms with van der Waals surface area (Å²) in [4.78, 5) is 23.2. The van der Waals surface area contributed by atoms with Crippen LogP contribution in [0.4, 0.5) is 0 Å². The molecule has 1 aromatic rings. The molecular weight excluding hydrogens is 288 g/mol. The minimum absolute atomic E-state index is 0.379. The van der Waals surface area contributed by atoms with Crippen LogP contribution in [0.1, 0.15) is 91.0 Å². The lowest BCUT2D eigenvalue weighted by atomic mass is 10.0. The molecule has 1 aliphatic heterocycles. The molecule has 0 aliphatic carbocycles. The van der Waals surface area contributed by atoms with E-state index in [9.17, 15) is 9.59 Å². The molecule has 0 aromatic heterocycles. The number of fused-ring (bicyclic) bond motifs is 1. The van der Waals surface area contributed by atoms with E-state index in [0.717, 1.165) is 12.0 Å². The fourth-order valence-corrected chi connectivity index (χ4v) is 2.90. The molecule has 124 valence electrons. The minimum Gasteiger partial charge on any atom is -0.386 e. The van der Waals surface area contributed by atoms with E-state index >= 15 is 0 Å². The average Bonchev–Trinajstić information content (AvgIpc) is 2.84. The number of hydrogen-bond donors (Lipinski definition) is 0. The molecule has 23 heavy (non-hydrogen) atoms. The third-order valence-electron chi connectivity index (χ3n) is 4.23. The van der Waals surface area contributed by atoms with Crippen molar-refractivity contribution in [2.75, 3.05) is 0 Å². The molecule has 0 saturated carbocycles. The van der Waals surface area contributed by atoms with E-state index in [-0.39, 0.29) is 0 Å². The molecule has 1 aliphatic rings. The summed E-state index contributed by atoms with van der Waals surface area (Å²) in [5.41, 5.74) is 1.56. The lowest BCUT2D eigenvalue weighted by Crippen LogP contribution is -1.98. The number of benzene rings is 1. The average molecular weight is 314 g/mol. The lowest BCUT2D eigenvalue weighted by molar-refractivity contribution is 0.0443. The van der Waals surface area contributed by atoms with E-state index in [2.05, 4.69) is 17.7 Å². The van der Waals surface area contributed by atoms with Crippen molar-refractivity contribution < 1.29 is 14.3 Å². The van der Waals surface area contributed by atoms with Crippen molar-refractivity contribution in [1.29, 1.82) is 0 Å². The highest BCUT2D eigenvalue weighted by molar-refractivity contribution is 6.16. The largest absolute Gasteiger partial charge is 0.386 e. The number of esters is 2. The van der Waals surface area contributed by atoms with Crippen LogP contribution >= 0.6 is 0 Å². The first-order valence-corrected chi connectivity index (χ1v) is 8.80. The summed E-state index contributed by atoms with van der Waals surface area (Å²) in [6.07, 6.45) is 15.5. The Morgan fingerprint density at radius 2 is 1.61 bits per heavy atom. The van der Waals surface area contributed by atoms with Gasteiger partial charge in [-0.2, -0.15) is 0 Å². The summed E-state index contributed by atoms with van der Waals surface area (Å²) in [7, 11) is 0. The molecule has 2 rings (SSSR count). The van der Waals surface area contributed by atoms with Gasteiger partial charge < -0.3 is 4.74 Å². The standard InChI is InChI=1S/C20H26O3/c1-2-3-4-5-6-7-8-9-10-11-13-16-14-12-15-17-18(16)20(22)23-19(17)21/h11-15H,2-10H2,1H3/b13-11+. The Morgan fingerprint density at radius 3 is 2.35 bits per heavy atom. The van der Waals surface area contributed by atoms with Crippen LogP contribution in [-0.2, 0) is 4.74 Å². The van der Waals surface area contributed by atoms with Gasteiger partial charge in [-0.25, -0.2) is 9.59 Å². The Morgan fingerprint density at radius 1 is 0.913 bits per heavy atom. The van der Waals surface area contributed by atoms with E-state index in [1.54, 1.807) is 12.1 Å². The normalized spacial score (nSPS) is 13.6. The Hall–Kier alpha value is -1.90. The Balaban J connectivity index is 1.71. The predicted octanol–water partition coefficient (Wildman–Crippen LogP) is 5.54. The summed E-state index contributed by atoms with van der Waals surface area (Å²) >= 11 is 0. The van der Waals surface area contributed by atoms with Gasteiger partial charge in [0.15, 0.2) is 0 Å². The van der Waals surface area contributed by atoms with Crippen LogP contribution < -0.4 is 0 Å². The quantitative estimate of drug-likeness (QED) is 0.323. The molecule has 0 fully saturated rings. The molecule has 0 radical (unpaired) electrons. The Kier molecular flexibility index (Phi) is 7.05. The summed E-state index contributed by atoms with van der Waals surface area (Å²) in [6.45, 7) is 2.24. The molecular formula is C20H26O3. The second-order valence-corrected chi connectivity index (χ2v) is 6.11. The zero-order chi connectivity index (χ0) is 16.5. The minimum atomic E-state index is -0.539. The van der Waals surface area contributed by atoms with Gasteiger partial charge in [0, 0.05) is 0 Å². The van der Waals surface area contributed by atoms with Crippen molar-refractivity contribution in [3.8, 4) is 0 Å². The van der Waals surface area contributed by atoms with Crippen LogP contribution in [0.15, 0.2) is 24.3 Å². The second kappa shape index (κ2) is 9.29. The molecule has 0 bridgehead atoms. The third kappa shape index (κ3) is 5.05. The van der Waals surface area contributed by atoms with Crippen molar-refractivity contribution in [1.82, 2.24) is 0 Å². The summed E-state index contributed by atoms with van der Waals surface area (Å²) in [6, 6.07) is 5.27. The fraction of sp³-hybridized carbons (Fsp3) is 0.500. The predicted molar refractivity (Wildman–Crippen MR) is 92.4 cm³/mol. The summed E-state index contributed by atoms with van der Waals surface area (Å²) in [5, 5.41) is 0. The smallest absolute Gasteiger partial charge is 0.347 e. The highest BCUT2D eigenvalue weighted by Crippen LogP contribution is 2.24. The topological polar surface area (TPSA) is 43.4 Å². The fourth-order valence-electron chi connectivity index (χ4n) is 2.90. The molecule has 0 amide bonds. The number of ether oxygens (including phenoxy) is 1. The van der Waals surface area contributed by atoms with Gasteiger partial charge in [-0.05, 0) is 24.5 Å². The number of hydrogen-bond acceptors (Lipinski definition) is 3. The van der Waals surface area contributed by atoms with Gasteiger partial charge in [-0.3, -0.25) is 0 Å². The maximum atomic E-state index is 11.7. The van der Waals surface area contributed by atoms with Crippen molar-refractivity contribution in [3.63, 3.8) is 0 Å². The van der Waals surface area contributed by atoms with E-state index in [1.807, 2.05) is 12.1 Å². The van der Waals surface area contributed by atoms with Crippen molar-refractivity contribution in [3.05, 3.63) is 41.0 Å². The second-order valence-electron chi connectivity index (χ2n) is 6.11.